The maximum Gasteiger partial charge on any atom is 0.276 e. The van der Waals surface area contributed by atoms with Gasteiger partial charge in [0.15, 0.2) is 5.69 Å². The molecule has 0 atom stereocenters. The summed E-state index contributed by atoms with van der Waals surface area (Å²) in [7, 11) is 0. The van der Waals surface area contributed by atoms with E-state index in [-0.39, 0.29) is 23.6 Å². The van der Waals surface area contributed by atoms with Crippen molar-refractivity contribution in [3.8, 4) is 0 Å². The van der Waals surface area contributed by atoms with Gasteiger partial charge in [-0.1, -0.05) is 45.4 Å². The molecule has 0 radical (unpaired) electrons. The van der Waals surface area contributed by atoms with Crippen molar-refractivity contribution in [2.75, 3.05) is 5.32 Å². The zero-order valence-corrected chi connectivity index (χ0v) is 20.7. The first-order chi connectivity index (χ1) is 17.3. The van der Waals surface area contributed by atoms with Crippen LogP contribution >= 0.6 is 0 Å². The first-order valence-corrected chi connectivity index (χ1v) is 12.3. The molecule has 0 unspecified atom stereocenters. The SMILES string of the molecule is C=C/C(=C\C(=N)CC(C)C)c1ccc2[nH]nc(C(=O)Nc3ccc(C(=O)NC4CCCC4)nc3)c2c1. The zero-order chi connectivity index (χ0) is 25.7. The minimum absolute atomic E-state index is 0.196. The Kier molecular flexibility index (Phi) is 7.73. The Balaban J connectivity index is 1.49. The van der Waals surface area contributed by atoms with E-state index in [2.05, 4.69) is 46.2 Å². The molecular weight excluding hydrogens is 452 g/mol. The molecule has 4 rings (SSSR count). The Morgan fingerprint density at radius 3 is 2.64 bits per heavy atom. The molecule has 186 valence electrons. The number of aromatic amines is 1. The van der Waals surface area contributed by atoms with Gasteiger partial charge in [0.05, 0.1) is 17.4 Å². The van der Waals surface area contributed by atoms with Crippen molar-refractivity contribution in [1.82, 2.24) is 20.5 Å². The Morgan fingerprint density at radius 2 is 1.97 bits per heavy atom. The van der Waals surface area contributed by atoms with Gasteiger partial charge in [-0.2, -0.15) is 5.10 Å². The van der Waals surface area contributed by atoms with E-state index in [0.29, 0.717) is 34.8 Å². The van der Waals surface area contributed by atoms with Gasteiger partial charge in [-0.3, -0.25) is 14.7 Å². The summed E-state index contributed by atoms with van der Waals surface area (Å²) in [6, 6.07) is 9.13. The molecule has 1 aromatic carbocycles. The van der Waals surface area contributed by atoms with Crippen molar-refractivity contribution in [3.63, 3.8) is 0 Å². The van der Waals surface area contributed by atoms with Gasteiger partial charge in [0, 0.05) is 17.1 Å². The molecule has 8 heteroatoms. The molecule has 0 saturated heterocycles. The average molecular weight is 485 g/mol. The van der Waals surface area contributed by atoms with Crippen molar-refractivity contribution in [2.24, 2.45) is 5.92 Å². The number of nitrogens with zero attached hydrogens (tertiary/aromatic N) is 2. The molecular formula is C28H32N6O2. The largest absolute Gasteiger partial charge is 0.348 e. The molecule has 3 aromatic rings. The number of aromatic nitrogens is 3. The maximum absolute atomic E-state index is 13.0. The van der Waals surface area contributed by atoms with E-state index >= 15 is 0 Å². The third kappa shape index (κ3) is 5.94. The highest BCUT2D eigenvalue weighted by molar-refractivity contribution is 6.12. The monoisotopic (exact) mass is 484 g/mol. The van der Waals surface area contributed by atoms with Gasteiger partial charge in [-0.15, -0.1) is 0 Å². The van der Waals surface area contributed by atoms with Gasteiger partial charge in [-0.05, 0) is 66.7 Å². The lowest BCUT2D eigenvalue weighted by molar-refractivity contribution is 0.0932. The second-order valence-electron chi connectivity index (χ2n) is 9.60. The minimum atomic E-state index is -0.389. The van der Waals surface area contributed by atoms with E-state index in [1.165, 1.54) is 6.20 Å². The van der Waals surface area contributed by atoms with Crippen LogP contribution in [0, 0.1) is 11.3 Å². The van der Waals surface area contributed by atoms with Crippen LogP contribution in [0.2, 0.25) is 0 Å². The minimum Gasteiger partial charge on any atom is -0.348 e. The van der Waals surface area contributed by atoms with Gasteiger partial charge >= 0.3 is 0 Å². The summed E-state index contributed by atoms with van der Waals surface area (Å²) in [6.45, 7) is 8.05. The molecule has 1 aliphatic rings. The zero-order valence-electron chi connectivity index (χ0n) is 20.7. The average Bonchev–Trinajstić information content (AvgIpc) is 3.52. The number of nitrogens with one attached hydrogen (secondary N) is 4. The maximum atomic E-state index is 13.0. The normalized spacial score (nSPS) is 14.2. The Morgan fingerprint density at radius 1 is 1.19 bits per heavy atom. The number of carbonyl (C=O) groups is 2. The van der Waals surface area contributed by atoms with Crippen LogP contribution in [0.15, 0.2) is 55.3 Å². The topological polar surface area (TPSA) is 124 Å². The van der Waals surface area contributed by atoms with E-state index in [4.69, 9.17) is 5.41 Å². The van der Waals surface area contributed by atoms with Crippen LogP contribution in [-0.4, -0.2) is 38.7 Å². The van der Waals surface area contributed by atoms with Crippen LogP contribution < -0.4 is 10.6 Å². The standard InChI is InChI=1S/C28H32N6O2/c1-4-18(14-20(29)13-17(2)3)19-9-11-24-23(15-19)26(34-33-24)28(36)32-22-10-12-25(30-16-22)27(35)31-21-7-5-6-8-21/h4,9-12,14-17,21,29H,1,5-8,13H2,2-3H3,(H,31,35)(H,32,36)(H,33,34)/b18-14+,29-20?. The smallest absolute Gasteiger partial charge is 0.276 e. The van der Waals surface area contributed by atoms with E-state index in [1.807, 2.05) is 24.3 Å². The summed E-state index contributed by atoms with van der Waals surface area (Å²) >= 11 is 0. The van der Waals surface area contributed by atoms with Crippen LogP contribution in [0.3, 0.4) is 0 Å². The fourth-order valence-electron chi connectivity index (χ4n) is 4.44. The number of hydrogen-bond acceptors (Lipinski definition) is 5. The highest BCUT2D eigenvalue weighted by Gasteiger charge is 2.19. The number of fused-ring (bicyclic) bond motifs is 1. The number of allylic oxidation sites excluding steroid dienone is 3. The summed E-state index contributed by atoms with van der Waals surface area (Å²) < 4.78 is 0. The number of H-pyrrole nitrogens is 1. The lowest BCUT2D eigenvalue weighted by atomic mass is 9.99. The Labute approximate surface area is 210 Å². The highest BCUT2D eigenvalue weighted by atomic mass is 16.2. The van der Waals surface area contributed by atoms with E-state index in [0.717, 1.165) is 42.3 Å². The van der Waals surface area contributed by atoms with Gasteiger partial charge in [0.1, 0.15) is 5.69 Å². The molecule has 2 amide bonds. The number of benzene rings is 1. The number of rotatable bonds is 9. The number of carbonyl (C=O) groups excluding carboxylic acids is 2. The van der Waals surface area contributed by atoms with Crippen LogP contribution in [0.5, 0.6) is 0 Å². The summed E-state index contributed by atoms with van der Waals surface area (Å²) in [5, 5.41) is 21.8. The lowest BCUT2D eigenvalue weighted by Crippen LogP contribution is -2.33. The Hall–Kier alpha value is -4.07. The van der Waals surface area contributed by atoms with E-state index in [1.54, 1.807) is 18.2 Å². The fraction of sp³-hybridized carbons (Fsp3) is 0.321. The second kappa shape index (κ2) is 11.1. The van der Waals surface area contributed by atoms with Crippen molar-refractivity contribution >= 4 is 39.7 Å². The molecule has 1 fully saturated rings. The first kappa shape index (κ1) is 25.0. The molecule has 0 spiro atoms. The molecule has 8 nitrogen and oxygen atoms in total. The van der Waals surface area contributed by atoms with Gasteiger partial charge in [-0.25, -0.2) is 4.98 Å². The Bertz CT molecular complexity index is 1310. The summed E-state index contributed by atoms with van der Waals surface area (Å²) in [6.07, 6.45) is 9.96. The highest BCUT2D eigenvalue weighted by Crippen LogP contribution is 2.24. The molecule has 1 aliphatic carbocycles. The van der Waals surface area contributed by atoms with Gasteiger partial charge < -0.3 is 16.0 Å². The molecule has 36 heavy (non-hydrogen) atoms. The fourth-order valence-corrected chi connectivity index (χ4v) is 4.44. The molecule has 2 aromatic heterocycles. The van der Waals surface area contributed by atoms with Crippen molar-refractivity contribution in [3.05, 3.63) is 72.2 Å². The number of amides is 2. The van der Waals surface area contributed by atoms with Crippen LogP contribution in [-0.2, 0) is 0 Å². The molecule has 1 saturated carbocycles. The predicted molar refractivity (Wildman–Crippen MR) is 143 cm³/mol. The summed E-state index contributed by atoms with van der Waals surface area (Å²) in [5.41, 5.74) is 3.95. The van der Waals surface area contributed by atoms with Crippen molar-refractivity contribution in [2.45, 2.75) is 52.0 Å². The van der Waals surface area contributed by atoms with Crippen molar-refractivity contribution in [1.29, 1.82) is 5.41 Å². The molecule has 0 aliphatic heterocycles. The third-order valence-electron chi connectivity index (χ3n) is 6.23. The lowest BCUT2D eigenvalue weighted by Gasteiger charge is -2.11. The predicted octanol–water partition coefficient (Wildman–Crippen LogP) is 5.52. The molecule has 0 bridgehead atoms. The van der Waals surface area contributed by atoms with Gasteiger partial charge in [0.2, 0.25) is 0 Å². The number of hydrogen-bond donors (Lipinski definition) is 4. The van der Waals surface area contributed by atoms with Gasteiger partial charge in [0.25, 0.3) is 11.8 Å². The second-order valence-corrected chi connectivity index (χ2v) is 9.60. The van der Waals surface area contributed by atoms with Crippen LogP contribution in [0.25, 0.3) is 16.5 Å². The third-order valence-corrected chi connectivity index (χ3v) is 6.23. The molecule has 2 heterocycles. The summed E-state index contributed by atoms with van der Waals surface area (Å²) in [5.74, 6) is -0.199. The molecule has 4 N–H and O–H groups in total. The van der Waals surface area contributed by atoms with E-state index in [9.17, 15) is 9.59 Å². The number of anilines is 1. The van der Waals surface area contributed by atoms with Crippen LogP contribution in [0.4, 0.5) is 5.69 Å². The van der Waals surface area contributed by atoms with Crippen LogP contribution in [0.1, 0.15) is 72.5 Å². The summed E-state index contributed by atoms with van der Waals surface area (Å²) in [4.78, 5) is 29.6. The number of pyridine rings is 1. The first-order valence-electron chi connectivity index (χ1n) is 12.3. The quantitative estimate of drug-likeness (QED) is 0.236. The van der Waals surface area contributed by atoms with Crippen molar-refractivity contribution < 1.29 is 9.59 Å². The van der Waals surface area contributed by atoms with E-state index < -0.39 is 0 Å².